The third-order valence-electron chi connectivity index (χ3n) is 2.70. The van der Waals surface area contributed by atoms with Crippen molar-refractivity contribution in [3.05, 3.63) is 14.7 Å². The van der Waals surface area contributed by atoms with Crippen LogP contribution in [0.1, 0.15) is 11.3 Å². The molecule has 4 nitrogen and oxygen atoms in total. The minimum absolute atomic E-state index is 0.255. The van der Waals surface area contributed by atoms with Crippen LogP contribution in [0.15, 0.2) is 14.7 Å². The molecule has 98 valence electrons. The van der Waals surface area contributed by atoms with Crippen LogP contribution in [0.25, 0.3) is 0 Å². The number of thiophene rings is 1. The van der Waals surface area contributed by atoms with Crippen LogP contribution < -0.4 is 4.72 Å². The van der Waals surface area contributed by atoms with E-state index in [9.17, 15) is 13.7 Å². The van der Waals surface area contributed by atoms with Gasteiger partial charge in [0.1, 0.15) is 5.54 Å². The molecule has 1 aliphatic heterocycles. The summed E-state index contributed by atoms with van der Waals surface area (Å²) in [6.07, 6.45) is 0.553. The van der Waals surface area contributed by atoms with Crippen LogP contribution in [-0.4, -0.2) is 25.5 Å². The summed E-state index contributed by atoms with van der Waals surface area (Å²) in [6.45, 7) is 1.76. The minimum Gasteiger partial charge on any atom is -0.207 e. The molecule has 0 radical (unpaired) electrons. The van der Waals surface area contributed by atoms with E-state index in [-0.39, 0.29) is 4.90 Å². The van der Waals surface area contributed by atoms with Crippen LogP contribution >= 0.6 is 39.0 Å². The van der Waals surface area contributed by atoms with Crippen LogP contribution in [0.4, 0.5) is 0 Å². The standard InChI is InChI=1S/C10H11BrN2O2S3/c1-7-8(4-9(11)17-7)18(14,15)13-10(5-12)2-3-16-6-10/h4,13H,2-3,6H2,1H3. The van der Waals surface area contributed by atoms with Gasteiger partial charge in [0.2, 0.25) is 10.0 Å². The fraction of sp³-hybridized carbons (Fsp3) is 0.500. The average molecular weight is 367 g/mol. The summed E-state index contributed by atoms with van der Waals surface area (Å²) in [5.74, 6) is 1.31. The Labute approximate surface area is 123 Å². The lowest BCUT2D eigenvalue weighted by Gasteiger charge is -2.20. The molecule has 1 unspecified atom stereocenters. The molecule has 1 fully saturated rings. The van der Waals surface area contributed by atoms with E-state index in [1.165, 1.54) is 11.3 Å². The average Bonchev–Trinajstić information content (AvgIpc) is 2.86. The van der Waals surface area contributed by atoms with Crippen LogP contribution in [0.2, 0.25) is 0 Å². The minimum atomic E-state index is -3.63. The third-order valence-corrected chi connectivity index (χ3v) is 7.23. The number of halogens is 1. The normalized spacial score (nSPS) is 24.1. The van der Waals surface area contributed by atoms with Crippen molar-refractivity contribution < 1.29 is 8.42 Å². The van der Waals surface area contributed by atoms with Crippen molar-refractivity contribution in [2.24, 2.45) is 0 Å². The molecule has 0 aromatic carbocycles. The molecule has 0 spiro atoms. The molecule has 1 aromatic heterocycles. The summed E-state index contributed by atoms with van der Waals surface area (Å²) in [7, 11) is -3.63. The Morgan fingerprint density at radius 1 is 1.61 bits per heavy atom. The van der Waals surface area contributed by atoms with Crippen molar-refractivity contribution in [3.8, 4) is 6.07 Å². The van der Waals surface area contributed by atoms with E-state index in [0.717, 1.165) is 9.54 Å². The lowest BCUT2D eigenvalue weighted by molar-refractivity contribution is 0.515. The highest BCUT2D eigenvalue weighted by Crippen LogP contribution is 2.33. The summed E-state index contributed by atoms with van der Waals surface area (Å²) >= 11 is 6.24. The predicted molar refractivity (Wildman–Crippen MR) is 77.4 cm³/mol. The molecule has 8 heteroatoms. The molecule has 1 atom stereocenters. The van der Waals surface area contributed by atoms with Gasteiger partial charge in [-0.15, -0.1) is 11.3 Å². The van der Waals surface area contributed by atoms with E-state index in [1.54, 1.807) is 24.8 Å². The summed E-state index contributed by atoms with van der Waals surface area (Å²) in [4.78, 5) is 0.971. The Hall–Kier alpha value is -0.0700. The van der Waals surface area contributed by atoms with Gasteiger partial charge in [-0.1, -0.05) is 0 Å². The molecule has 0 amide bonds. The number of sulfonamides is 1. The molecule has 1 aliphatic rings. The second kappa shape index (κ2) is 5.13. The first-order valence-electron chi connectivity index (χ1n) is 5.17. The van der Waals surface area contributed by atoms with Crippen LogP contribution in [0, 0.1) is 18.3 Å². The van der Waals surface area contributed by atoms with Gasteiger partial charge >= 0.3 is 0 Å². The molecular weight excluding hydrogens is 356 g/mol. The Balaban J connectivity index is 2.33. The zero-order chi connectivity index (χ0) is 13.4. The van der Waals surface area contributed by atoms with Crippen LogP contribution in [-0.2, 0) is 10.0 Å². The van der Waals surface area contributed by atoms with Gasteiger partial charge in [0.15, 0.2) is 0 Å². The summed E-state index contributed by atoms with van der Waals surface area (Å²) < 4.78 is 27.9. The lowest BCUT2D eigenvalue weighted by Crippen LogP contribution is -2.47. The first kappa shape index (κ1) is 14.3. The molecular formula is C10H11BrN2O2S3. The van der Waals surface area contributed by atoms with Gasteiger partial charge in [-0.25, -0.2) is 8.42 Å². The molecule has 1 N–H and O–H groups in total. The molecule has 1 saturated heterocycles. The lowest BCUT2D eigenvalue weighted by atomic mass is 10.0. The molecule has 1 aromatic rings. The maximum absolute atomic E-state index is 12.3. The van der Waals surface area contributed by atoms with Gasteiger partial charge in [-0.3, -0.25) is 0 Å². The van der Waals surface area contributed by atoms with E-state index in [0.29, 0.717) is 17.1 Å². The predicted octanol–water partition coefficient (Wildman–Crippen LogP) is 2.50. The van der Waals surface area contributed by atoms with Gasteiger partial charge in [0.25, 0.3) is 0 Å². The SMILES string of the molecule is Cc1sc(Br)cc1S(=O)(=O)NC1(C#N)CCSC1. The van der Waals surface area contributed by atoms with E-state index in [1.807, 2.05) is 0 Å². The van der Waals surface area contributed by atoms with E-state index in [2.05, 4.69) is 26.7 Å². The van der Waals surface area contributed by atoms with Gasteiger partial charge < -0.3 is 0 Å². The Morgan fingerprint density at radius 2 is 2.33 bits per heavy atom. The number of nitriles is 1. The molecule has 2 heterocycles. The first-order chi connectivity index (χ1) is 8.38. The highest BCUT2D eigenvalue weighted by atomic mass is 79.9. The van der Waals surface area contributed by atoms with Gasteiger partial charge in [0, 0.05) is 10.6 Å². The first-order valence-corrected chi connectivity index (χ1v) is 9.42. The summed E-state index contributed by atoms with van der Waals surface area (Å²) in [5, 5.41) is 9.20. The number of nitrogens with one attached hydrogen (secondary N) is 1. The topological polar surface area (TPSA) is 70.0 Å². The highest BCUT2D eigenvalue weighted by molar-refractivity contribution is 9.11. The van der Waals surface area contributed by atoms with Crippen molar-refractivity contribution in [1.29, 1.82) is 5.26 Å². The van der Waals surface area contributed by atoms with Crippen LogP contribution in [0.5, 0.6) is 0 Å². The second-order valence-corrected chi connectivity index (χ2v) is 9.46. The molecule has 18 heavy (non-hydrogen) atoms. The summed E-state index contributed by atoms with van der Waals surface area (Å²) in [6, 6.07) is 3.69. The van der Waals surface area contributed by atoms with Crippen molar-refractivity contribution in [1.82, 2.24) is 4.72 Å². The molecule has 0 bridgehead atoms. The van der Waals surface area contributed by atoms with Gasteiger partial charge in [-0.05, 0) is 41.1 Å². The van der Waals surface area contributed by atoms with E-state index < -0.39 is 15.6 Å². The Kier molecular flexibility index (Phi) is 4.09. The second-order valence-electron chi connectivity index (χ2n) is 4.07. The number of thioether (sulfide) groups is 1. The zero-order valence-corrected chi connectivity index (χ0v) is 13.6. The van der Waals surface area contributed by atoms with Crippen molar-refractivity contribution >= 4 is 49.1 Å². The van der Waals surface area contributed by atoms with Crippen LogP contribution in [0.3, 0.4) is 0 Å². The maximum Gasteiger partial charge on any atom is 0.243 e. The quantitative estimate of drug-likeness (QED) is 0.891. The maximum atomic E-state index is 12.3. The zero-order valence-electron chi connectivity index (χ0n) is 9.57. The van der Waals surface area contributed by atoms with Crippen molar-refractivity contribution in [2.75, 3.05) is 11.5 Å². The number of nitrogens with zero attached hydrogens (tertiary/aromatic N) is 1. The Bertz CT molecular complexity index is 597. The fourth-order valence-corrected chi connectivity index (χ4v) is 6.89. The van der Waals surface area contributed by atoms with E-state index >= 15 is 0 Å². The highest BCUT2D eigenvalue weighted by Gasteiger charge is 2.39. The number of hydrogen-bond donors (Lipinski definition) is 1. The van der Waals surface area contributed by atoms with Crippen molar-refractivity contribution in [2.45, 2.75) is 23.8 Å². The monoisotopic (exact) mass is 366 g/mol. The number of rotatable bonds is 3. The largest absolute Gasteiger partial charge is 0.243 e. The summed E-state index contributed by atoms with van der Waals surface area (Å²) in [5.41, 5.74) is -0.954. The Morgan fingerprint density at radius 3 is 2.78 bits per heavy atom. The molecule has 2 rings (SSSR count). The molecule has 0 aliphatic carbocycles. The number of hydrogen-bond acceptors (Lipinski definition) is 5. The smallest absolute Gasteiger partial charge is 0.207 e. The van der Waals surface area contributed by atoms with E-state index in [4.69, 9.17) is 0 Å². The van der Waals surface area contributed by atoms with Gasteiger partial charge in [-0.2, -0.15) is 21.7 Å². The fourth-order valence-electron chi connectivity index (χ4n) is 1.77. The number of aryl methyl sites for hydroxylation is 1. The third kappa shape index (κ3) is 2.75. The van der Waals surface area contributed by atoms with Gasteiger partial charge in [0.05, 0.1) is 14.8 Å². The van der Waals surface area contributed by atoms with Crippen molar-refractivity contribution in [3.63, 3.8) is 0 Å². The molecule has 0 saturated carbocycles.